The standard InChI is InChI=1S/C14H22N2O/c1-9-6-10(2)14(13(7-9)17-3)12(16-15)8-11-4-5-11/h6-7,11-12,16H,4-5,8,15H2,1-3H3. The van der Waals surface area contributed by atoms with E-state index in [-0.39, 0.29) is 6.04 Å². The third-order valence-electron chi connectivity index (χ3n) is 3.53. The van der Waals surface area contributed by atoms with Crippen molar-refractivity contribution in [2.45, 2.75) is 39.2 Å². The fourth-order valence-electron chi connectivity index (χ4n) is 2.51. The number of rotatable bonds is 5. The van der Waals surface area contributed by atoms with Crippen molar-refractivity contribution in [2.75, 3.05) is 7.11 Å². The van der Waals surface area contributed by atoms with Gasteiger partial charge in [0.1, 0.15) is 5.75 Å². The van der Waals surface area contributed by atoms with E-state index in [0.717, 1.165) is 18.1 Å². The molecule has 0 amide bonds. The number of nitrogens with one attached hydrogen (secondary N) is 1. The Bertz CT molecular complexity index is 399. The summed E-state index contributed by atoms with van der Waals surface area (Å²) in [6.45, 7) is 4.22. The van der Waals surface area contributed by atoms with E-state index in [2.05, 4.69) is 31.4 Å². The summed E-state index contributed by atoms with van der Waals surface area (Å²) >= 11 is 0. The lowest BCUT2D eigenvalue weighted by Gasteiger charge is -2.21. The highest BCUT2D eigenvalue weighted by molar-refractivity contribution is 5.45. The molecule has 3 nitrogen and oxygen atoms in total. The van der Waals surface area contributed by atoms with Gasteiger partial charge in [0.25, 0.3) is 0 Å². The molecule has 1 saturated carbocycles. The van der Waals surface area contributed by atoms with Gasteiger partial charge in [0.15, 0.2) is 0 Å². The molecule has 3 heteroatoms. The molecule has 1 atom stereocenters. The third-order valence-corrected chi connectivity index (χ3v) is 3.53. The molecular weight excluding hydrogens is 212 g/mol. The first-order chi connectivity index (χ1) is 8.15. The average Bonchev–Trinajstić information content (AvgIpc) is 3.09. The minimum atomic E-state index is 0.207. The lowest BCUT2D eigenvalue weighted by Crippen LogP contribution is -2.29. The second kappa shape index (κ2) is 5.07. The van der Waals surface area contributed by atoms with Crippen LogP contribution in [0, 0.1) is 19.8 Å². The zero-order valence-electron chi connectivity index (χ0n) is 10.9. The number of nitrogens with two attached hydrogens (primary N) is 1. The number of methoxy groups -OCH3 is 1. The lowest BCUT2D eigenvalue weighted by molar-refractivity contribution is 0.391. The van der Waals surface area contributed by atoms with Crippen LogP contribution in [0.25, 0.3) is 0 Å². The molecule has 1 aliphatic carbocycles. The lowest BCUT2D eigenvalue weighted by atomic mass is 9.94. The Hall–Kier alpha value is -1.06. The van der Waals surface area contributed by atoms with E-state index < -0.39 is 0 Å². The zero-order valence-corrected chi connectivity index (χ0v) is 10.9. The van der Waals surface area contributed by atoms with E-state index in [1.807, 2.05) is 0 Å². The van der Waals surface area contributed by atoms with Gasteiger partial charge in [-0.05, 0) is 43.4 Å². The molecule has 3 N–H and O–H groups in total. The normalized spacial score (nSPS) is 16.9. The molecule has 94 valence electrons. The summed E-state index contributed by atoms with van der Waals surface area (Å²) in [4.78, 5) is 0. The summed E-state index contributed by atoms with van der Waals surface area (Å²) in [5.41, 5.74) is 6.64. The number of hydrogen-bond acceptors (Lipinski definition) is 3. The van der Waals surface area contributed by atoms with Crippen LogP contribution in [0.3, 0.4) is 0 Å². The van der Waals surface area contributed by atoms with Gasteiger partial charge in [0.05, 0.1) is 13.2 Å². The Kier molecular flexibility index (Phi) is 3.69. The first-order valence-corrected chi connectivity index (χ1v) is 6.27. The predicted molar refractivity (Wildman–Crippen MR) is 69.9 cm³/mol. The molecule has 1 unspecified atom stereocenters. The minimum Gasteiger partial charge on any atom is -0.496 e. The van der Waals surface area contributed by atoms with E-state index >= 15 is 0 Å². The van der Waals surface area contributed by atoms with E-state index in [0.29, 0.717) is 0 Å². The first kappa shape index (κ1) is 12.4. The van der Waals surface area contributed by atoms with Crippen molar-refractivity contribution in [1.29, 1.82) is 0 Å². The highest BCUT2D eigenvalue weighted by Crippen LogP contribution is 2.40. The van der Waals surface area contributed by atoms with Crippen LogP contribution in [0.15, 0.2) is 12.1 Å². The summed E-state index contributed by atoms with van der Waals surface area (Å²) in [7, 11) is 1.72. The van der Waals surface area contributed by atoms with Crippen molar-refractivity contribution >= 4 is 0 Å². The first-order valence-electron chi connectivity index (χ1n) is 6.27. The summed E-state index contributed by atoms with van der Waals surface area (Å²) in [5.74, 6) is 7.49. The SMILES string of the molecule is COc1cc(C)cc(C)c1C(CC1CC1)NN. The molecule has 0 heterocycles. The van der Waals surface area contributed by atoms with Gasteiger partial charge in [-0.3, -0.25) is 11.3 Å². The Balaban J connectivity index is 2.32. The van der Waals surface area contributed by atoms with Gasteiger partial charge < -0.3 is 4.74 Å². The maximum absolute atomic E-state index is 5.71. The number of hydrazine groups is 1. The largest absolute Gasteiger partial charge is 0.496 e. The third kappa shape index (κ3) is 2.79. The molecule has 1 aromatic carbocycles. The zero-order chi connectivity index (χ0) is 12.4. The second-order valence-corrected chi connectivity index (χ2v) is 5.10. The maximum atomic E-state index is 5.71. The number of aryl methyl sites for hydroxylation is 2. The molecule has 0 saturated heterocycles. The Morgan fingerprint density at radius 2 is 2.12 bits per heavy atom. The highest BCUT2D eigenvalue weighted by atomic mass is 16.5. The number of hydrogen-bond donors (Lipinski definition) is 2. The van der Waals surface area contributed by atoms with Crippen LogP contribution < -0.4 is 16.0 Å². The Labute approximate surface area is 103 Å². The smallest absolute Gasteiger partial charge is 0.124 e. The predicted octanol–water partition coefficient (Wildman–Crippen LogP) is 2.62. The van der Waals surface area contributed by atoms with Crippen LogP contribution in [0.1, 0.15) is 42.0 Å². The van der Waals surface area contributed by atoms with Crippen LogP contribution in [-0.4, -0.2) is 7.11 Å². The van der Waals surface area contributed by atoms with Gasteiger partial charge in [0.2, 0.25) is 0 Å². The van der Waals surface area contributed by atoms with E-state index in [9.17, 15) is 0 Å². The Morgan fingerprint density at radius 1 is 1.41 bits per heavy atom. The molecule has 1 aromatic rings. The van der Waals surface area contributed by atoms with E-state index in [1.54, 1.807) is 7.11 Å². The summed E-state index contributed by atoms with van der Waals surface area (Å²) in [5, 5.41) is 0. The van der Waals surface area contributed by atoms with Gasteiger partial charge in [-0.15, -0.1) is 0 Å². The van der Waals surface area contributed by atoms with Crippen molar-refractivity contribution in [3.63, 3.8) is 0 Å². The fourth-order valence-corrected chi connectivity index (χ4v) is 2.51. The molecule has 1 fully saturated rings. The molecule has 0 radical (unpaired) electrons. The monoisotopic (exact) mass is 234 g/mol. The van der Waals surface area contributed by atoms with Crippen molar-refractivity contribution in [3.05, 3.63) is 28.8 Å². The molecule has 0 aromatic heterocycles. The van der Waals surface area contributed by atoms with Gasteiger partial charge >= 0.3 is 0 Å². The van der Waals surface area contributed by atoms with Crippen LogP contribution >= 0.6 is 0 Å². The molecule has 2 rings (SSSR count). The molecule has 17 heavy (non-hydrogen) atoms. The maximum Gasteiger partial charge on any atom is 0.124 e. The van der Waals surface area contributed by atoms with Gasteiger partial charge in [-0.2, -0.15) is 0 Å². The van der Waals surface area contributed by atoms with Crippen LogP contribution in [-0.2, 0) is 0 Å². The van der Waals surface area contributed by atoms with E-state index in [4.69, 9.17) is 10.6 Å². The molecular formula is C14H22N2O. The van der Waals surface area contributed by atoms with Crippen molar-refractivity contribution in [1.82, 2.24) is 5.43 Å². The van der Waals surface area contributed by atoms with E-state index in [1.165, 1.54) is 29.5 Å². The van der Waals surface area contributed by atoms with Crippen molar-refractivity contribution in [2.24, 2.45) is 11.8 Å². The fraction of sp³-hybridized carbons (Fsp3) is 0.571. The van der Waals surface area contributed by atoms with Gasteiger partial charge in [-0.25, -0.2) is 0 Å². The van der Waals surface area contributed by atoms with Crippen LogP contribution in [0.2, 0.25) is 0 Å². The molecule has 0 spiro atoms. The summed E-state index contributed by atoms with van der Waals surface area (Å²) in [6.07, 6.45) is 3.79. The summed E-state index contributed by atoms with van der Waals surface area (Å²) in [6, 6.07) is 4.48. The van der Waals surface area contributed by atoms with Crippen molar-refractivity contribution in [3.8, 4) is 5.75 Å². The average molecular weight is 234 g/mol. The summed E-state index contributed by atoms with van der Waals surface area (Å²) < 4.78 is 5.50. The molecule has 0 aliphatic heterocycles. The van der Waals surface area contributed by atoms with Crippen LogP contribution in [0.5, 0.6) is 5.75 Å². The second-order valence-electron chi connectivity index (χ2n) is 5.10. The molecule has 1 aliphatic rings. The quantitative estimate of drug-likeness (QED) is 0.608. The van der Waals surface area contributed by atoms with Crippen molar-refractivity contribution < 1.29 is 4.74 Å². The molecule has 0 bridgehead atoms. The highest BCUT2D eigenvalue weighted by Gasteiger charge is 2.28. The number of benzene rings is 1. The van der Waals surface area contributed by atoms with Crippen LogP contribution in [0.4, 0.5) is 0 Å². The minimum absolute atomic E-state index is 0.207. The topological polar surface area (TPSA) is 47.3 Å². The Morgan fingerprint density at radius 3 is 2.65 bits per heavy atom. The number of ether oxygens (including phenoxy) is 1. The van der Waals surface area contributed by atoms with Gasteiger partial charge in [-0.1, -0.05) is 18.9 Å². The van der Waals surface area contributed by atoms with Gasteiger partial charge in [0, 0.05) is 5.56 Å².